The predicted octanol–water partition coefficient (Wildman–Crippen LogP) is 2.57. The lowest BCUT2D eigenvalue weighted by molar-refractivity contribution is 0.0762. The van der Waals surface area contributed by atoms with Crippen molar-refractivity contribution in [1.82, 2.24) is 4.90 Å². The first-order chi connectivity index (χ1) is 9.63. The molecular weight excluding hydrogens is 248 g/mol. The summed E-state index contributed by atoms with van der Waals surface area (Å²) >= 11 is 0. The van der Waals surface area contributed by atoms with Gasteiger partial charge in [0.15, 0.2) is 0 Å². The molecule has 1 amide bonds. The Morgan fingerprint density at radius 1 is 1.35 bits per heavy atom. The number of rotatable bonds is 5. The molecule has 3 nitrogen and oxygen atoms in total. The van der Waals surface area contributed by atoms with Gasteiger partial charge in [-0.2, -0.15) is 0 Å². The second kappa shape index (κ2) is 8.39. The summed E-state index contributed by atoms with van der Waals surface area (Å²) in [5.74, 6) is 5.95. The Morgan fingerprint density at radius 3 is 2.65 bits per heavy atom. The van der Waals surface area contributed by atoms with Crippen molar-refractivity contribution >= 4 is 5.91 Å². The molecule has 0 aliphatic carbocycles. The van der Waals surface area contributed by atoms with E-state index in [0.717, 1.165) is 42.6 Å². The van der Waals surface area contributed by atoms with Gasteiger partial charge in [-0.25, -0.2) is 0 Å². The molecule has 0 saturated carbocycles. The zero-order valence-electron chi connectivity index (χ0n) is 12.7. The molecule has 2 N–H and O–H groups in total. The first-order valence-electron chi connectivity index (χ1n) is 7.22. The number of hydrogen-bond acceptors (Lipinski definition) is 2. The van der Waals surface area contributed by atoms with Crippen LogP contribution in [0.1, 0.15) is 48.2 Å². The van der Waals surface area contributed by atoms with E-state index in [0.29, 0.717) is 6.54 Å². The lowest BCUT2D eigenvalue weighted by atomic mass is 10.0. The van der Waals surface area contributed by atoms with Crippen molar-refractivity contribution < 1.29 is 4.79 Å². The van der Waals surface area contributed by atoms with Crippen LogP contribution in [0.4, 0.5) is 0 Å². The third-order valence-electron chi connectivity index (χ3n) is 3.25. The molecule has 0 aliphatic rings. The lowest BCUT2D eigenvalue weighted by Crippen LogP contribution is -2.31. The molecule has 0 aromatic heterocycles. The highest BCUT2D eigenvalue weighted by Gasteiger charge is 2.14. The molecule has 0 radical (unpaired) electrons. The molecule has 3 heteroatoms. The topological polar surface area (TPSA) is 46.3 Å². The van der Waals surface area contributed by atoms with E-state index in [-0.39, 0.29) is 5.91 Å². The van der Waals surface area contributed by atoms with Crippen molar-refractivity contribution in [2.45, 2.75) is 33.6 Å². The number of aryl methyl sites for hydroxylation is 1. The van der Waals surface area contributed by atoms with Crippen LogP contribution in [-0.4, -0.2) is 30.4 Å². The van der Waals surface area contributed by atoms with Crippen molar-refractivity contribution in [3.8, 4) is 11.8 Å². The molecule has 0 spiro atoms. The van der Waals surface area contributed by atoms with Crippen LogP contribution in [0.15, 0.2) is 18.2 Å². The number of carbonyl (C=O) groups is 1. The summed E-state index contributed by atoms with van der Waals surface area (Å²) in [6.07, 6.45) is 2.13. The van der Waals surface area contributed by atoms with Crippen LogP contribution in [0.2, 0.25) is 0 Å². The first-order valence-corrected chi connectivity index (χ1v) is 7.22. The fourth-order valence-electron chi connectivity index (χ4n) is 2.02. The molecule has 0 bridgehead atoms. The van der Waals surface area contributed by atoms with E-state index in [1.807, 2.05) is 36.9 Å². The van der Waals surface area contributed by atoms with Crippen LogP contribution in [0.5, 0.6) is 0 Å². The quantitative estimate of drug-likeness (QED) is 0.837. The number of nitrogens with two attached hydrogens (primary N) is 1. The largest absolute Gasteiger partial charge is 0.339 e. The van der Waals surface area contributed by atoms with Crippen molar-refractivity contribution in [3.63, 3.8) is 0 Å². The van der Waals surface area contributed by atoms with Gasteiger partial charge < -0.3 is 10.6 Å². The summed E-state index contributed by atoms with van der Waals surface area (Å²) < 4.78 is 0. The summed E-state index contributed by atoms with van der Waals surface area (Å²) in [5.41, 5.74) is 8.06. The smallest absolute Gasteiger partial charge is 0.253 e. The highest BCUT2D eigenvalue weighted by molar-refractivity contribution is 5.94. The Hall–Kier alpha value is -1.79. The second-order valence-electron chi connectivity index (χ2n) is 4.77. The maximum Gasteiger partial charge on any atom is 0.253 e. The van der Waals surface area contributed by atoms with Gasteiger partial charge in [0.2, 0.25) is 0 Å². The Kier molecular flexibility index (Phi) is 6.83. The van der Waals surface area contributed by atoms with Gasteiger partial charge in [-0.15, -0.1) is 0 Å². The molecule has 108 valence electrons. The highest BCUT2D eigenvalue weighted by atomic mass is 16.2. The Labute approximate surface area is 122 Å². The van der Waals surface area contributed by atoms with Crippen LogP contribution in [0, 0.1) is 18.8 Å². The number of amides is 1. The third-order valence-corrected chi connectivity index (χ3v) is 3.25. The highest BCUT2D eigenvalue weighted by Crippen LogP contribution is 2.13. The van der Waals surface area contributed by atoms with Gasteiger partial charge in [-0.3, -0.25) is 4.79 Å². The zero-order valence-corrected chi connectivity index (χ0v) is 12.7. The second-order valence-corrected chi connectivity index (χ2v) is 4.77. The monoisotopic (exact) mass is 272 g/mol. The molecular formula is C17H24N2O. The lowest BCUT2D eigenvalue weighted by Gasteiger charge is -2.21. The van der Waals surface area contributed by atoms with Gasteiger partial charge >= 0.3 is 0 Å². The standard InChI is InChI=1S/C17H24N2O/c1-4-6-12-19(5-2)17(20)16-10-9-15(8-7-11-18)14(3)13-16/h9-10,13H,4-6,11-12,18H2,1-3H3. The summed E-state index contributed by atoms with van der Waals surface area (Å²) in [4.78, 5) is 14.3. The van der Waals surface area contributed by atoms with E-state index < -0.39 is 0 Å². The van der Waals surface area contributed by atoms with Gasteiger partial charge in [0.1, 0.15) is 0 Å². The molecule has 0 heterocycles. The molecule has 1 aromatic rings. The summed E-state index contributed by atoms with van der Waals surface area (Å²) in [6, 6.07) is 5.67. The first kappa shape index (κ1) is 16.3. The SMILES string of the molecule is CCCCN(CC)C(=O)c1ccc(C#CCN)c(C)c1. The van der Waals surface area contributed by atoms with E-state index in [2.05, 4.69) is 18.8 Å². The molecule has 1 aromatic carbocycles. The van der Waals surface area contributed by atoms with Crippen LogP contribution in [0.3, 0.4) is 0 Å². The molecule has 0 unspecified atom stereocenters. The Morgan fingerprint density at radius 2 is 2.10 bits per heavy atom. The summed E-state index contributed by atoms with van der Waals surface area (Å²) in [6.45, 7) is 8.03. The number of nitrogens with zero attached hydrogens (tertiary/aromatic N) is 1. The van der Waals surface area contributed by atoms with E-state index in [1.54, 1.807) is 0 Å². The van der Waals surface area contributed by atoms with Gasteiger partial charge in [-0.05, 0) is 44.0 Å². The molecule has 0 saturated heterocycles. The van der Waals surface area contributed by atoms with E-state index in [4.69, 9.17) is 5.73 Å². The van der Waals surface area contributed by atoms with Gasteiger partial charge in [0, 0.05) is 24.2 Å². The van der Waals surface area contributed by atoms with E-state index >= 15 is 0 Å². The van der Waals surface area contributed by atoms with Gasteiger partial charge in [-0.1, -0.05) is 25.2 Å². The van der Waals surface area contributed by atoms with Crippen molar-refractivity contribution in [1.29, 1.82) is 0 Å². The normalized spacial score (nSPS) is 9.80. The molecule has 20 heavy (non-hydrogen) atoms. The minimum atomic E-state index is 0.0994. The fourth-order valence-corrected chi connectivity index (χ4v) is 2.02. The van der Waals surface area contributed by atoms with Crippen molar-refractivity contribution in [3.05, 3.63) is 34.9 Å². The number of unbranched alkanes of at least 4 members (excludes halogenated alkanes) is 1. The average molecular weight is 272 g/mol. The zero-order chi connectivity index (χ0) is 15.0. The average Bonchev–Trinajstić information content (AvgIpc) is 2.46. The maximum atomic E-state index is 12.4. The molecule has 0 atom stereocenters. The van der Waals surface area contributed by atoms with Gasteiger partial charge in [0.05, 0.1) is 6.54 Å². The van der Waals surface area contributed by atoms with Crippen LogP contribution >= 0.6 is 0 Å². The minimum Gasteiger partial charge on any atom is -0.339 e. The summed E-state index contributed by atoms with van der Waals surface area (Å²) in [5, 5.41) is 0. The predicted molar refractivity (Wildman–Crippen MR) is 83.6 cm³/mol. The van der Waals surface area contributed by atoms with Crippen molar-refractivity contribution in [2.24, 2.45) is 5.73 Å². The minimum absolute atomic E-state index is 0.0994. The van der Waals surface area contributed by atoms with Crippen molar-refractivity contribution in [2.75, 3.05) is 19.6 Å². The molecule has 1 rings (SSSR count). The summed E-state index contributed by atoms with van der Waals surface area (Å²) in [7, 11) is 0. The maximum absolute atomic E-state index is 12.4. The Bertz CT molecular complexity index is 511. The number of hydrogen-bond donors (Lipinski definition) is 1. The van der Waals surface area contributed by atoms with Crippen LogP contribution in [-0.2, 0) is 0 Å². The molecule has 0 fully saturated rings. The van der Waals surface area contributed by atoms with Crippen LogP contribution in [0.25, 0.3) is 0 Å². The van der Waals surface area contributed by atoms with E-state index in [1.165, 1.54) is 0 Å². The third kappa shape index (κ3) is 4.40. The van der Waals surface area contributed by atoms with E-state index in [9.17, 15) is 4.79 Å². The van der Waals surface area contributed by atoms with Crippen LogP contribution < -0.4 is 5.73 Å². The molecule has 0 aliphatic heterocycles. The van der Waals surface area contributed by atoms with Gasteiger partial charge in [0.25, 0.3) is 5.91 Å². The fraction of sp³-hybridized carbons (Fsp3) is 0.471. The Balaban J connectivity index is 2.90. The number of benzene rings is 1. The number of carbonyl (C=O) groups excluding carboxylic acids is 1.